The second-order valence-corrected chi connectivity index (χ2v) is 3.34. The molecule has 0 saturated carbocycles. The highest BCUT2D eigenvalue weighted by Crippen LogP contribution is 2.22. The van der Waals surface area contributed by atoms with Crippen molar-refractivity contribution in [2.45, 2.75) is 12.2 Å². The van der Waals surface area contributed by atoms with E-state index >= 15 is 0 Å². The summed E-state index contributed by atoms with van der Waals surface area (Å²) in [5, 5.41) is 26.1. The van der Waals surface area contributed by atoms with Crippen LogP contribution in [0.3, 0.4) is 0 Å². The molecule has 3 N–H and O–H groups in total. The number of aliphatic hydroxyl groups excluding tert-OH is 3. The van der Waals surface area contributed by atoms with Crippen molar-refractivity contribution in [3.63, 3.8) is 0 Å². The van der Waals surface area contributed by atoms with E-state index in [4.69, 9.17) is 15.3 Å². The maximum atomic E-state index is 9.50. The van der Waals surface area contributed by atoms with Gasteiger partial charge in [-0.15, -0.1) is 4.91 Å². The van der Waals surface area contributed by atoms with Crippen molar-refractivity contribution in [2.75, 3.05) is 13.2 Å². The first-order chi connectivity index (χ1) is 5.72. The van der Waals surface area contributed by atoms with E-state index in [0.717, 1.165) is 0 Å². The van der Waals surface area contributed by atoms with Crippen LogP contribution in [0.4, 0.5) is 0 Å². The predicted octanol–water partition coefficient (Wildman–Crippen LogP) is -0.305. The van der Waals surface area contributed by atoms with Gasteiger partial charge in [-0.1, -0.05) is 0 Å². The minimum atomic E-state index is -1.22. The Bertz CT molecular complexity index is 126. The zero-order valence-electron chi connectivity index (χ0n) is 5.99. The SMILES string of the molecule is O=NSSOC[C@@H](O)[C@H](O)CO. The molecule has 72 valence electrons. The highest BCUT2D eigenvalue weighted by atomic mass is 33.1. The van der Waals surface area contributed by atoms with Gasteiger partial charge in [-0.25, -0.2) is 0 Å². The Morgan fingerprint density at radius 3 is 2.58 bits per heavy atom. The quantitative estimate of drug-likeness (QED) is 0.176. The molecule has 0 radical (unpaired) electrons. The lowest BCUT2D eigenvalue weighted by Crippen LogP contribution is -2.32. The molecule has 0 aliphatic heterocycles. The largest absolute Gasteiger partial charge is 0.394 e. The van der Waals surface area contributed by atoms with Gasteiger partial charge in [0.15, 0.2) is 0 Å². The summed E-state index contributed by atoms with van der Waals surface area (Å²) in [6.07, 6.45) is -2.38. The molecule has 2 atom stereocenters. The average Bonchev–Trinajstić information content (AvgIpc) is 2.10. The normalized spacial score (nSPS) is 15.6. The number of nitrogens with zero attached hydrogens (tertiary/aromatic N) is 1. The molecule has 0 amide bonds. The van der Waals surface area contributed by atoms with E-state index in [2.05, 4.69) is 8.77 Å². The van der Waals surface area contributed by atoms with Crippen LogP contribution in [0.15, 0.2) is 4.58 Å². The van der Waals surface area contributed by atoms with Crippen molar-refractivity contribution in [2.24, 2.45) is 4.58 Å². The van der Waals surface area contributed by atoms with Crippen LogP contribution in [0, 0.1) is 4.91 Å². The lowest BCUT2D eigenvalue weighted by Gasteiger charge is -2.13. The maximum absolute atomic E-state index is 9.50. The van der Waals surface area contributed by atoms with Gasteiger partial charge in [0.1, 0.15) is 23.2 Å². The summed E-state index contributed by atoms with van der Waals surface area (Å²) in [5.74, 6) is 0. The Labute approximate surface area is 77.0 Å². The van der Waals surface area contributed by atoms with Crippen LogP contribution in [-0.2, 0) is 4.18 Å². The van der Waals surface area contributed by atoms with E-state index in [1.54, 1.807) is 0 Å². The van der Waals surface area contributed by atoms with Crippen LogP contribution in [0.5, 0.6) is 0 Å². The summed E-state index contributed by atoms with van der Waals surface area (Å²) < 4.78 is 7.03. The zero-order chi connectivity index (χ0) is 9.40. The molecule has 0 rings (SSSR count). The van der Waals surface area contributed by atoms with Crippen molar-refractivity contribution in [1.82, 2.24) is 0 Å². The Hall–Kier alpha value is 0.140. The van der Waals surface area contributed by atoms with Crippen LogP contribution in [-0.4, -0.2) is 40.7 Å². The highest BCUT2D eigenvalue weighted by molar-refractivity contribution is 8.74. The van der Waals surface area contributed by atoms with Crippen LogP contribution >= 0.6 is 22.1 Å². The second-order valence-electron chi connectivity index (χ2n) is 1.82. The molecule has 0 aliphatic carbocycles. The molecule has 0 heterocycles. The smallest absolute Gasteiger partial charge is 0.120 e. The summed E-state index contributed by atoms with van der Waals surface area (Å²) in [7, 11) is 0.578. The van der Waals surface area contributed by atoms with Gasteiger partial charge >= 0.3 is 0 Å². The molecule has 8 heteroatoms. The number of rotatable bonds is 7. The fraction of sp³-hybridized carbons (Fsp3) is 1.00. The van der Waals surface area contributed by atoms with Gasteiger partial charge in [0.25, 0.3) is 0 Å². The minimum Gasteiger partial charge on any atom is -0.394 e. The molecule has 6 nitrogen and oxygen atoms in total. The summed E-state index contributed by atoms with van der Waals surface area (Å²) in [5.41, 5.74) is 0. The van der Waals surface area contributed by atoms with Crippen molar-refractivity contribution >= 4 is 22.1 Å². The third-order valence-corrected chi connectivity index (χ3v) is 1.99. The van der Waals surface area contributed by atoms with Crippen LogP contribution < -0.4 is 0 Å². The summed E-state index contributed by atoms with van der Waals surface area (Å²) in [6, 6.07) is 0. The zero-order valence-corrected chi connectivity index (χ0v) is 7.62. The molecule has 0 saturated heterocycles. The van der Waals surface area contributed by atoms with Crippen LogP contribution in [0.2, 0.25) is 0 Å². The Morgan fingerprint density at radius 2 is 2.08 bits per heavy atom. The van der Waals surface area contributed by atoms with Gasteiger partial charge in [0.2, 0.25) is 0 Å². The van der Waals surface area contributed by atoms with Gasteiger partial charge in [0, 0.05) is 4.58 Å². The molecule has 0 aromatic carbocycles. The summed E-state index contributed by atoms with van der Waals surface area (Å²) in [4.78, 5) is 9.50. The standard InChI is InChI=1S/C4H9NO5S2/c6-1-3(7)4(8)2-10-12-11-5-9/h3-4,6-8H,1-2H2/t3-,4-/m1/s1. The van der Waals surface area contributed by atoms with Gasteiger partial charge in [-0.05, 0) is 0 Å². The third kappa shape index (κ3) is 5.75. The molecule has 0 spiro atoms. The van der Waals surface area contributed by atoms with Crippen LogP contribution in [0.1, 0.15) is 0 Å². The molecule has 0 aliphatic rings. The van der Waals surface area contributed by atoms with Crippen LogP contribution in [0.25, 0.3) is 0 Å². The first-order valence-electron chi connectivity index (χ1n) is 2.97. The molecule has 0 aromatic heterocycles. The summed E-state index contributed by atoms with van der Waals surface area (Å²) in [6.45, 7) is -0.705. The van der Waals surface area contributed by atoms with Gasteiger partial charge in [-0.2, -0.15) is 0 Å². The van der Waals surface area contributed by atoms with Crippen molar-refractivity contribution in [1.29, 1.82) is 0 Å². The predicted molar refractivity (Wildman–Crippen MR) is 46.0 cm³/mol. The lowest BCUT2D eigenvalue weighted by molar-refractivity contribution is -0.0306. The first kappa shape index (κ1) is 12.1. The molecule has 0 aromatic rings. The molecular weight excluding hydrogens is 206 g/mol. The molecule has 0 unspecified atom stereocenters. The number of nitroso groups, excluding NO2 is 1. The summed E-state index contributed by atoms with van der Waals surface area (Å²) >= 11 is 0.694. The molecule has 0 bridgehead atoms. The van der Waals surface area contributed by atoms with Crippen molar-refractivity contribution < 1.29 is 19.5 Å². The van der Waals surface area contributed by atoms with Gasteiger partial charge in [0.05, 0.1) is 24.3 Å². The molecule has 12 heavy (non-hydrogen) atoms. The topological polar surface area (TPSA) is 99.4 Å². The number of hydrogen-bond acceptors (Lipinski definition) is 8. The molecular formula is C4H9NO5S2. The third-order valence-electron chi connectivity index (χ3n) is 0.979. The van der Waals surface area contributed by atoms with E-state index in [0.29, 0.717) is 22.1 Å². The number of aliphatic hydroxyl groups is 3. The van der Waals surface area contributed by atoms with Crippen molar-refractivity contribution in [3.05, 3.63) is 4.91 Å². The minimum absolute atomic E-state index is 0.172. The monoisotopic (exact) mass is 215 g/mol. The average molecular weight is 215 g/mol. The maximum Gasteiger partial charge on any atom is 0.120 e. The van der Waals surface area contributed by atoms with E-state index in [-0.39, 0.29) is 6.61 Å². The van der Waals surface area contributed by atoms with E-state index < -0.39 is 18.8 Å². The Morgan fingerprint density at radius 1 is 1.42 bits per heavy atom. The fourth-order valence-corrected chi connectivity index (χ4v) is 0.997. The van der Waals surface area contributed by atoms with Gasteiger partial charge in [-0.3, -0.25) is 0 Å². The van der Waals surface area contributed by atoms with E-state index in [1.807, 2.05) is 0 Å². The number of hydrogen-bond donors (Lipinski definition) is 3. The van der Waals surface area contributed by atoms with E-state index in [1.165, 1.54) is 0 Å². The van der Waals surface area contributed by atoms with Crippen molar-refractivity contribution in [3.8, 4) is 0 Å². The van der Waals surface area contributed by atoms with E-state index in [9.17, 15) is 4.91 Å². The fourth-order valence-electron chi connectivity index (χ4n) is 0.364. The van der Waals surface area contributed by atoms with Gasteiger partial charge < -0.3 is 19.5 Å². The second kappa shape index (κ2) is 7.77. The lowest BCUT2D eigenvalue weighted by atomic mass is 10.2. The molecule has 0 fully saturated rings. The first-order valence-corrected chi connectivity index (χ1v) is 5.00. The Balaban J connectivity index is 3.30. The highest BCUT2D eigenvalue weighted by Gasteiger charge is 2.15. The Kier molecular flexibility index (Phi) is 7.86.